The Morgan fingerprint density at radius 3 is 2.35 bits per heavy atom. The normalized spacial score (nSPS) is 28.2. The van der Waals surface area contributed by atoms with Crippen molar-refractivity contribution in [3.05, 3.63) is 0 Å². The molecule has 0 spiro atoms. The molecule has 1 aliphatic heterocycles. The van der Waals surface area contributed by atoms with Gasteiger partial charge >= 0.3 is 20.7 Å². The van der Waals surface area contributed by atoms with Crippen LogP contribution in [0.1, 0.15) is 6.42 Å². The summed E-state index contributed by atoms with van der Waals surface area (Å²) in [4.78, 5) is 48.3. The van der Waals surface area contributed by atoms with Crippen molar-refractivity contribution >= 4 is 33.4 Å². The Kier molecular flexibility index (Phi) is 5.11. The van der Waals surface area contributed by atoms with Crippen molar-refractivity contribution in [2.45, 2.75) is 17.7 Å². The van der Waals surface area contributed by atoms with Crippen LogP contribution in [0.3, 0.4) is 0 Å². The predicted molar refractivity (Wildman–Crippen MR) is 67.1 cm³/mol. The highest BCUT2D eigenvalue weighted by Gasteiger charge is 2.52. The van der Waals surface area contributed by atoms with E-state index in [1.165, 1.54) is 0 Å². The third-order valence-electron chi connectivity index (χ3n) is 2.13. The highest BCUT2D eigenvalue weighted by Crippen LogP contribution is 2.60. The molecule has 2 unspecified atom stereocenters. The van der Waals surface area contributed by atoms with Crippen LogP contribution in [0, 0.1) is 0 Å². The average Bonchev–Trinajstić information content (AvgIpc) is 2.10. The zero-order valence-electron chi connectivity index (χ0n) is 8.71. The summed E-state index contributed by atoms with van der Waals surface area (Å²) < 4.78 is 11.0. The molecule has 6 N–H and O–H groups in total. The van der Waals surface area contributed by atoms with Crippen LogP contribution < -0.4 is 5.32 Å². The van der Waals surface area contributed by atoms with Gasteiger partial charge in [0, 0.05) is 18.3 Å². The van der Waals surface area contributed by atoms with Crippen molar-refractivity contribution in [1.29, 1.82) is 0 Å². The monoisotopic (exact) mass is 305 g/mol. The number of hydrogen-bond acceptors (Lipinski definition) is 7. The summed E-state index contributed by atoms with van der Waals surface area (Å²) in [6.07, 6.45) is 0.430. The molecule has 0 aromatic carbocycles. The van der Waals surface area contributed by atoms with Gasteiger partial charge in [-0.15, -0.1) is 0 Å². The van der Waals surface area contributed by atoms with Crippen LogP contribution in [-0.4, -0.2) is 54.0 Å². The van der Waals surface area contributed by atoms with Crippen LogP contribution in [0.2, 0.25) is 0 Å². The summed E-state index contributed by atoms with van der Waals surface area (Å²) in [6.45, 7) is 0.971. The van der Waals surface area contributed by atoms with Gasteiger partial charge in [0.1, 0.15) is 0 Å². The van der Waals surface area contributed by atoms with Crippen molar-refractivity contribution in [1.82, 2.24) is 5.32 Å². The molecule has 1 saturated heterocycles. The predicted octanol–water partition coefficient (Wildman–Crippen LogP) is -1.08. The van der Waals surface area contributed by atoms with Gasteiger partial charge < -0.3 is 15.1 Å². The first kappa shape index (κ1) is 15.5. The third-order valence-corrected chi connectivity index (χ3v) is 5.40. The lowest BCUT2D eigenvalue weighted by molar-refractivity contribution is 0.347. The first-order valence-electron chi connectivity index (χ1n) is 4.71. The maximum Gasteiger partial charge on any atom is 0.469 e. The van der Waals surface area contributed by atoms with Crippen molar-refractivity contribution < 1.29 is 29.0 Å². The van der Waals surface area contributed by atoms with Gasteiger partial charge in [-0.25, -0.2) is 9.56 Å². The molecule has 0 aliphatic carbocycles. The molecule has 0 radical (unpaired) electrons. The van der Waals surface area contributed by atoms with E-state index in [-0.39, 0.29) is 5.25 Å². The second-order valence-corrected chi connectivity index (χ2v) is 7.90. The van der Waals surface area contributed by atoms with E-state index in [1.807, 2.05) is 0 Å². The number of nitrogens with one attached hydrogen (secondary N) is 1. The van der Waals surface area contributed by atoms with E-state index < -0.39 is 26.8 Å². The smallest absolute Gasteiger partial charge is 0.317 e. The Bertz CT molecular complexity index is 353. The Hall–Kier alpha value is 0.440. The van der Waals surface area contributed by atoms with Gasteiger partial charge in [-0.1, -0.05) is 0 Å². The summed E-state index contributed by atoms with van der Waals surface area (Å²) in [6, 6.07) is -0.556. The van der Waals surface area contributed by atoms with E-state index in [0.29, 0.717) is 19.5 Å². The van der Waals surface area contributed by atoms with Crippen molar-refractivity contribution in [3.8, 4) is 0 Å². The molecule has 0 aromatic heterocycles. The van der Waals surface area contributed by atoms with Crippen LogP contribution in [-0.2, 0) is 4.57 Å². The Balaban J connectivity index is 2.94. The molecule has 0 aromatic rings. The molecule has 1 rings (SSSR count). The fraction of sp³-hybridized carbons (Fsp3) is 0.833. The molecule has 11 heteroatoms. The summed E-state index contributed by atoms with van der Waals surface area (Å²) >= 11 is 4.18. The summed E-state index contributed by atoms with van der Waals surface area (Å²) in [7, 11) is -9.79. The lowest BCUT2D eigenvalue weighted by Gasteiger charge is -2.24. The zero-order chi connectivity index (χ0) is 13.3. The van der Waals surface area contributed by atoms with Gasteiger partial charge in [-0.3, -0.25) is 0 Å². The maximum atomic E-state index is 11.0. The van der Waals surface area contributed by atoms with E-state index >= 15 is 0 Å². The van der Waals surface area contributed by atoms with Gasteiger partial charge in [0.25, 0.3) is 0 Å². The van der Waals surface area contributed by atoms with Crippen LogP contribution >= 0.6 is 28.2 Å². The number of thiol groups is 1. The Morgan fingerprint density at radius 2 is 1.94 bits per heavy atom. The lowest BCUT2D eigenvalue weighted by Crippen LogP contribution is -2.39. The number of rotatable bonds is 3. The van der Waals surface area contributed by atoms with E-state index in [1.54, 1.807) is 0 Å². The van der Waals surface area contributed by atoms with Gasteiger partial charge in [0.2, 0.25) is 0 Å². The molecule has 17 heavy (non-hydrogen) atoms. The van der Waals surface area contributed by atoms with E-state index in [0.717, 1.165) is 0 Å². The third kappa shape index (κ3) is 4.90. The Morgan fingerprint density at radius 1 is 1.35 bits per heavy atom. The largest absolute Gasteiger partial charge is 0.469 e. The topological polar surface area (TPSA) is 143 Å². The minimum absolute atomic E-state index is 0.0423. The van der Waals surface area contributed by atoms with Crippen molar-refractivity contribution in [3.63, 3.8) is 0 Å². The van der Waals surface area contributed by atoms with Crippen LogP contribution in [0.25, 0.3) is 0 Å². The standard InChI is InChI=1S/C6H14N2O6P2S/c9-15(10,11)6(16(12,13)14)8-4-1-5(17)3-7-2-4/h4-5,7,9-11H,1-3H2,(H2-,12,13,14,17)/p+1. The van der Waals surface area contributed by atoms with Crippen molar-refractivity contribution in [2.75, 3.05) is 13.1 Å². The lowest BCUT2D eigenvalue weighted by atomic mass is 10.1. The summed E-state index contributed by atoms with van der Waals surface area (Å²) in [5, 5.41) is 1.64. The molecule has 1 heterocycles. The molecular weight excluding hydrogens is 290 g/mol. The molecule has 0 amide bonds. The minimum Gasteiger partial charge on any atom is -0.317 e. The average molecular weight is 305 g/mol. The SMILES string of the molecule is O=P(O)(O)C(=NC1CNCC(S)C1)[P+](O)(O)O. The molecule has 8 nitrogen and oxygen atoms in total. The van der Waals surface area contributed by atoms with Crippen LogP contribution in [0.15, 0.2) is 4.99 Å². The first-order chi connectivity index (χ1) is 7.60. The van der Waals surface area contributed by atoms with E-state index in [9.17, 15) is 4.57 Å². The number of piperidine rings is 1. The second kappa shape index (κ2) is 5.61. The van der Waals surface area contributed by atoms with Crippen molar-refractivity contribution in [2.24, 2.45) is 4.99 Å². The second-order valence-electron chi connectivity index (χ2n) is 3.74. The Labute approximate surface area is 104 Å². The highest BCUT2D eigenvalue weighted by molar-refractivity contribution is 8.00. The number of nitrogens with zero attached hydrogens (tertiary/aromatic N) is 1. The van der Waals surface area contributed by atoms with Gasteiger partial charge in [0.15, 0.2) is 0 Å². The summed E-state index contributed by atoms with van der Waals surface area (Å²) in [5.74, 6) is 0. The van der Waals surface area contributed by atoms with Gasteiger partial charge in [-0.2, -0.15) is 27.3 Å². The molecule has 0 bridgehead atoms. The molecule has 0 saturated carbocycles. The number of hydrogen-bond donors (Lipinski definition) is 7. The zero-order valence-corrected chi connectivity index (χ0v) is 11.4. The van der Waals surface area contributed by atoms with Gasteiger partial charge in [-0.05, 0) is 6.42 Å². The fourth-order valence-corrected chi connectivity index (χ4v) is 3.89. The molecule has 100 valence electrons. The highest BCUT2D eigenvalue weighted by atomic mass is 32.1. The molecular formula is C6H15N2O6P2S+. The van der Waals surface area contributed by atoms with Crippen LogP contribution in [0.5, 0.6) is 0 Å². The van der Waals surface area contributed by atoms with E-state index in [4.69, 9.17) is 24.5 Å². The first-order valence-corrected chi connectivity index (χ1v) is 8.49. The molecule has 2 atom stereocenters. The van der Waals surface area contributed by atoms with Gasteiger partial charge in [0.05, 0.1) is 6.04 Å². The summed E-state index contributed by atoms with van der Waals surface area (Å²) in [5.41, 5.74) is 0. The minimum atomic E-state index is -4.99. The molecule has 1 fully saturated rings. The maximum absolute atomic E-state index is 11.0. The van der Waals surface area contributed by atoms with E-state index in [2.05, 4.69) is 22.9 Å². The quantitative estimate of drug-likeness (QED) is 0.200. The molecule has 1 aliphatic rings. The van der Waals surface area contributed by atoms with Crippen LogP contribution in [0.4, 0.5) is 0 Å². The fourth-order valence-electron chi connectivity index (χ4n) is 1.49. The number of aliphatic imine (C=N–C) groups is 1.